The monoisotopic (exact) mass is 288 g/mol. The predicted molar refractivity (Wildman–Crippen MR) is 72.2 cm³/mol. The molecule has 0 unspecified atom stereocenters. The first-order chi connectivity index (χ1) is 10.2. The van der Waals surface area contributed by atoms with Crippen molar-refractivity contribution in [3.05, 3.63) is 30.0 Å². The number of hydrogen-bond donors (Lipinski definition) is 1. The fraction of sp³-hybridized carbons (Fsp3) is 0.231. The lowest BCUT2D eigenvalue weighted by molar-refractivity contribution is 0.102. The number of amides is 1. The zero-order valence-electron chi connectivity index (χ0n) is 11.4. The van der Waals surface area contributed by atoms with Crippen LogP contribution in [0.4, 0.5) is 5.69 Å². The summed E-state index contributed by atoms with van der Waals surface area (Å²) in [5.74, 6) is 0.658. The lowest BCUT2D eigenvalue weighted by atomic mass is 10.2. The zero-order chi connectivity index (χ0) is 14.8. The van der Waals surface area contributed by atoms with Gasteiger partial charge in [-0.3, -0.25) is 4.79 Å². The normalized spacial score (nSPS) is 10.8. The highest BCUT2D eigenvalue weighted by Gasteiger charge is 2.19. The van der Waals surface area contributed by atoms with E-state index >= 15 is 0 Å². The van der Waals surface area contributed by atoms with Crippen molar-refractivity contribution in [3.8, 4) is 5.75 Å². The fourth-order valence-corrected chi connectivity index (χ4v) is 2.00. The van der Waals surface area contributed by atoms with Crippen molar-refractivity contribution in [2.45, 2.75) is 13.3 Å². The second-order valence-electron chi connectivity index (χ2n) is 4.21. The molecule has 1 N–H and O–H groups in total. The molecule has 1 aromatic carbocycles. The number of aryl methyl sites for hydroxylation is 1. The summed E-state index contributed by atoms with van der Waals surface area (Å²) in [4.78, 5) is 16.2. The summed E-state index contributed by atoms with van der Waals surface area (Å²) in [5.41, 5.74) is 1.55. The van der Waals surface area contributed by atoms with Crippen molar-refractivity contribution in [3.63, 3.8) is 0 Å². The van der Waals surface area contributed by atoms with Crippen LogP contribution in [0.5, 0.6) is 5.75 Å². The molecule has 0 aliphatic rings. The van der Waals surface area contributed by atoms with E-state index < -0.39 is 0 Å². The van der Waals surface area contributed by atoms with Gasteiger partial charge in [0.15, 0.2) is 28.9 Å². The molecule has 1 amide bonds. The largest absolute Gasteiger partial charge is 0.494 e. The summed E-state index contributed by atoms with van der Waals surface area (Å²) in [7, 11) is 1.52. The van der Waals surface area contributed by atoms with Gasteiger partial charge in [0.2, 0.25) is 0 Å². The molecule has 2 aromatic heterocycles. The topological polar surface area (TPSA) is 103 Å². The van der Waals surface area contributed by atoms with E-state index in [1.165, 1.54) is 13.5 Å². The molecule has 0 aliphatic heterocycles. The summed E-state index contributed by atoms with van der Waals surface area (Å²) >= 11 is 0. The van der Waals surface area contributed by atoms with E-state index in [1.807, 2.05) is 6.92 Å². The minimum Gasteiger partial charge on any atom is -0.494 e. The van der Waals surface area contributed by atoms with E-state index in [9.17, 15) is 4.79 Å². The summed E-state index contributed by atoms with van der Waals surface area (Å²) in [6, 6.07) is 3.33. The number of ether oxygens (including phenoxy) is 1. The molecule has 108 valence electrons. The summed E-state index contributed by atoms with van der Waals surface area (Å²) in [6.07, 6.45) is 1.82. The standard InChI is InChI=1S/C13H12N4O4/c1-3-8-12(14-6-20-8)13(18)15-7-4-5-9(19-2)11-10(7)16-21-17-11/h4-6H,3H2,1-2H3,(H,15,18). The molecule has 0 fully saturated rings. The van der Waals surface area contributed by atoms with Gasteiger partial charge in [0.25, 0.3) is 5.91 Å². The number of anilines is 1. The van der Waals surface area contributed by atoms with Gasteiger partial charge < -0.3 is 14.5 Å². The van der Waals surface area contributed by atoms with Gasteiger partial charge in [-0.15, -0.1) is 0 Å². The maximum Gasteiger partial charge on any atom is 0.277 e. The number of nitrogens with zero attached hydrogens (tertiary/aromatic N) is 3. The van der Waals surface area contributed by atoms with Crippen LogP contribution in [-0.4, -0.2) is 28.3 Å². The van der Waals surface area contributed by atoms with Crippen molar-refractivity contribution in [2.75, 3.05) is 12.4 Å². The number of nitrogens with one attached hydrogen (secondary N) is 1. The van der Waals surface area contributed by atoms with Gasteiger partial charge in [0.1, 0.15) is 5.76 Å². The van der Waals surface area contributed by atoms with Crippen molar-refractivity contribution in [1.29, 1.82) is 0 Å². The van der Waals surface area contributed by atoms with Gasteiger partial charge in [0.05, 0.1) is 12.8 Å². The number of rotatable bonds is 4. The number of fused-ring (bicyclic) bond motifs is 1. The molecule has 0 spiro atoms. The maximum absolute atomic E-state index is 12.2. The van der Waals surface area contributed by atoms with E-state index in [1.54, 1.807) is 12.1 Å². The number of hydrogen-bond acceptors (Lipinski definition) is 7. The molecule has 2 heterocycles. The minimum atomic E-state index is -0.380. The van der Waals surface area contributed by atoms with E-state index in [4.69, 9.17) is 13.8 Å². The Morgan fingerprint density at radius 3 is 2.90 bits per heavy atom. The molecule has 0 aliphatic carbocycles. The Hall–Kier alpha value is -2.90. The number of oxazole rings is 1. The second kappa shape index (κ2) is 5.23. The van der Waals surface area contributed by atoms with Crippen LogP contribution in [-0.2, 0) is 6.42 Å². The molecule has 8 nitrogen and oxygen atoms in total. The molecule has 0 saturated heterocycles. The highest BCUT2D eigenvalue weighted by atomic mass is 16.6. The molecular weight excluding hydrogens is 276 g/mol. The average molecular weight is 288 g/mol. The zero-order valence-corrected chi connectivity index (χ0v) is 11.4. The Labute approximate surface area is 119 Å². The van der Waals surface area contributed by atoms with Gasteiger partial charge in [0, 0.05) is 6.42 Å². The quantitative estimate of drug-likeness (QED) is 0.783. The molecule has 8 heteroatoms. The fourth-order valence-electron chi connectivity index (χ4n) is 2.00. The first-order valence-electron chi connectivity index (χ1n) is 6.27. The molecule has 0 atom stereocenters. The summed E-state index contributed by atoms with van der Waals surface area (Å²) in [5, 5.41) is 10.3. The lowest BCUT2D eigenvalue weighted by Gasteiger charge is -2.05. The second-order valence-corrected chi connectivity index (χ2v) is 4.21. The predicted octanol–water partition coefficient (Wildman–Crippen LogP) is 2.03. The lowest BCUT2D eigenvalue weighted by Crippen LogP contribution is -2.14. The van der Waals surface area contributed by atoms with Gasteiger partial charge in [-0.25, -0.2) is 9.61 Å². The molecule has 21 heavy (non-hydrogen) atoms. The average Bonchev–Trinajstić information content (AvgIpc) is 3.16. The number of aromatic nitrogens is 3. The van der Waals surface area contributed by atoms with Crippen LogP contribution in [0.3, 0.4) is 0 Å². The van der Waals surface area contributed by atoms with Crippen molar-refractivity contribution >= 4 is 22.6 Å². The van der Waals surface area contributed by atoms with E-state index in [-0.39, 0.29) is 11.6 Å². The number of carbonyl (C=O) groups is 1. The van der Waals surface area contributed by atoms with E-state index in [0.717, 1.165) is 0 Å². The highest BCUT2D eigenvalue weighted by Crippen LogP contribution is 2.29. The van der Waals surface area contributed by atoms with Crippen LogP contribution in [0, 0.1) is 0 Å². The first kappa shape index (κ1) is 13.1. The van der Waals surface area contributed by atoms with Crippen LogP contribution in [0.25, 0.3) is 11.0 Å². The van der Waals surface area contributed by atoms with Crippen LogP contribution < -0.4 is 10.1 Å². The first-order valence-corrected chi connectivity index (χ1v) is 6.27. The number of carbonyl (C=O) groups excluding carboxylic acids is 1. The Bertz CT molecular complexity index is 792. The highest BCUT2D eigenvalue weighted by molar-refractivity contribution is 6.07. The third-order valence-electron chi connectivity index (χ3n) is 3.02. The molecule has 0 saturated carbocycles. The van der Waals surface area contributed by atoms with Crippen LogP contribution >= 0.6 is 0 Å². The maximum atomic E-state index is 12.2. The van der Waals surface area contributed by atoms with Gasteiger partial charge in [-0.05, 0) is 22.4 Å². The summed E-state index contributed by atoms with van der Waals surface area (Å²) in [6.45, 7) is 1.88. The Balaban J connectivity index is 1.95. The van der Waals surface area contributed by atoms with Gasteiger partial charge >= 0.3 is 0 Å². The SMILES string of the molecule is CCc1ocnc1C(=O)Nc1ccc(OC)c2nonc12. The van der Waals surface area contributed by atoms with Gasteiger partial charge in [-0.2, -0.15) is 0 Å². The molecule has 3 rings (SSSR count). The van der Waals surface area contributed by atoms with Crippen LogP contribution in [0.1, 0.15) is 23.2 Å². The van der Waals surface area contributed by atoms with Crippen LogP contribution in [0.2, 0.25) is 0 Å². The molecule has 3 aromatic rings. The summed E-state index contributed by atoms with van der Waals surface area (Å²) < 4.78 is 15.0. The van der Waals surface area contributed by atoms with Crippen molar-refractivity contribution < 1.29 is 18.6 Å². The Morgan fingerprint density at radius 2 is 2.14 bits per heavy atom. The number of benzene rings is 1. The van der Waals surface area contributed by atoms with Crippen LogP contribution in [0.15, 0.2) is 27.6 Å². The van der Waals surface area contributed by atoms with Gasteiger partial charge in [-0.1, -0.05) is 6.92 Å². The smallest absolute Gasteiger partial charge is 0.277 e. The Morgan fingerprint density at radius 1 is 1.33 bits per heavy atom. The van der Waals surface area contributed by atoms with E-state index in [0.29, 0.717) is 34.7 Å². The minimum absolute atomic E-state index is 0.248. The molecular formula is C13H12N4O4. The Kier molecular flexibility index (Phi) is 3.27. The molecule has 0 bridgehead atoms. The van der Waals surface area contributed by atoms with Crippen molar-refractivity contribution in [2.24, 2.45) is 0 Å². The van der Waals surface area contributed by atoms with Crippen molar-refractivity contribution in [1.82, 2.24) is 15.3 Å². The third-order valence-corrected chi connectivity index (χ3v) is 3.02. The van der Waals surface area contributed by atoms with E-state index in [2.05, 4.69) is 20.6 Å². The molecule has 0 radical (unpaired) electrons. The number of methoxy groups -OCH3 is 1. The third kappa shape index (κ3) is 2.20.